The largest absolute Gasteiger partial charge is 0.478 e. The van der Waals surface area contributed by atoms with E-state index in [1.807, 2.05) is 30.3 Å². The maximum Gasteiger partial charge on any atom is 0.337 e. The third-order valence-electron chi connectivity index (χ3n) is 4.79. The Morgan fingerprint density at radius 1 is 1.09 bits per heavy atom. The molecule has 0 aromatic heterocycles. The number of aromatic carboxylic acids is 1. The first-order valence-corrected chi connectivity index (χ1v) is 7.60. The summed E-state index contributed by atoms with van der Waals surface area (Å²) < 4.78 is 0. The van der Waals surface area contributed by atoms with Crippen molar-refractivity contribution < 1.29 is 9.90 Å². The fourth-order valence-corrected chi connectivity index (χ4v) is 3.79. The first-order valence-electron chi connectivity index (χ1n) is 7.60. The molecule has 0 radical (unpaired) electrons. The van der Waals surface area contributed by atoms with Crippen LogP contribution < -0.4 is 5.32 Å². The molecule has 2 aliphatic rings. The summed E-state index contributed by atoms with van der Waals surface area (Å²) in [4.78, 5) is 11.6. The van der Waals surface area contributed by atoms with Crippen molar-refractivity contribution in [3.63, 3.8) is 0 Å². The summed E-state index contributed by atoms with van der Waals surface area (Å²) in [6.07, 6.45) is 5.47. The van der Waals surface area contributed by atoms with Gasteiger partial charge in [0.15, 0.2) is 0 Å². The maximum absolute atomic E-state index is 11.6. The van der Waals surface area contributed by atoms with Crippen molar-refractivity contribution in [1.82, 2.24) is 0 Å². The van der Waals surface area contributed by atoms with Gasteiger partial charge in [0.05, 0.1) is 17.3 Å². The predicted molar refractivity (Wildman–Crippen MR) is 86.2 cm³/mol. The quantitative estimate of drug-likeness (QED) is 0.815. The smallest absolute Gasteiger partial charge is 0.337 e. The van der Waals surface area contributed by atoms with E-state index in [0.717, 1.165) is 17.7 Å². The number of allylic oxidation sites excluding steroid dienone is 2. The number of hydrogen-bond donors (Lipinski definition) is 2. The molecule has 2 aromatic carbocycles. The number of benzene rings is 2. The fraction of sp³-hybridized carbons (Fsp3) is 0.211. The van der Waals surface area contributed by atoms with Gasteiger partial charge in [-0.3, -0.25) is 0 Å². The standard InChI is InChI=1S/C19H17NO2/c21-19(22)16-11-5-10-15-13-8-4-9-14(13)17(20-18(15)16)12-6-2-1-3-7-12/h1-8,10-11,13-14,17,20H,9H2,(H,21,22)/t13-,14+,17?/m0/s1. The second-order valence-corrected chi connectivity index (χ2v) is 5.96. The van der Waals surface area contributed by atoms with Gasteiger partial charge in [-0.15, -0.1) is 0 Å². The molecule has 4 rings (SSSR count). The van der Waals surface area contributed by atoms with Gasteiger partial charge in [-0.25, -0.2) is 4.79 Å². The van der Waals surface area contributed by atoms with Crippen molar-refractivity contribution in [2.24, 2.45) is 5.92 Å². The molecule has 0 fully saturated rings. The average molecular weight is 291 g/mol. The van der Waals surface area contributed by atoms with Gasteiger partial charge >= 0.3 is 5.97 Å². The number of anilines is 1. The Balaban J connectivity index is 1.85. The lowest BCUT2D eigenvalue weighted by Gasteiger charge is -2.38. The number of nitrogens with one attached hydrogen (secondary N) is 1. The molecule has 1 aliphatic carbocycles. The average Bonchev–Trinajstić information content (AvgIpc) is 3.04. The number of carboxylic acids is 1. The van der Waals surface area contributed by atoms with Gasteiger partial charge in [-0.05, 0) is 29.5 Å². The lowest BCUT2D eigenvalue weighted by molar-refractivity contribution is 0.0697. The highest BCUT2D eigenvalue weighted by molar-refractivity contribution is 5.95. The van der Waals surface area contributed by atoms with Crippen LogP contribution in [0.15, 0.2) is 60.7 Å². The summed E-state index contributed by atoms with van der Waals surface area (Å²) in [6.45, 7) is 0. The minimum Gasteiger partial charge on any atom is -0.478 e. The monoisotopic (exact) mass is 291 g/mol. The molecule has 1 heterocycles. The number of carboxylic acid groups (broad SMARTS) is 1. The van der Waals surface area contributed by atoms with Gasteiger partial charge in [-0.1, -0.05) is 54.6 Å². The van der Waals surface area contributed by atoms with Gasteiger partial charge in [-0.2, -0.15) is 0 Å². The Hall–Kier alpha value is -2.55. The summed E-state index contributed by atoms with van der Waals surface area (Å²) >= 11 is 0. The molecule has 0 amide bonds. The predicted octanol–water partition coefficient (Wildman–Crippen LogP) is 4.21. The first-order chi connectivity index (χ1) is 10.8. The normalized spacial score (nSPS) is 25.2. The molecule has 110 valence electrons. The number of hydrogen-bond acceptors (Lipinski definition) is 2. The molecule has 3 heteroatoms. The van der Waals surface area contributed by atoms with E-state index in [0.29, 0.717) is 17.4 Å². The molecule has 1 unspecified atom stereocenters. The Morgan fingerprint density at radius 2 is 1.91 bits per heavy atom. The van der Waals surface area contributed by atoms with Crippen LogP contribution in [0.5, 0.6) is 0 Å². The lowest BCUT2D eigenvalue weighted by atomic mass is 9.76. The fourth-order valence-electron chi connectivity index (χ4n) is 3.79. The van der Waals surface area contributed by atoms with Crippen molar-refractivity contribution in [3.8, 4) is 0 Å². The molecular formula is C19H17NO2. The first kappa shape index (κ1) is 13.1. The molecule has 0 spiro atoms. The topological polar surface area (TPSA) is 49.3 Å². The van der Waals surface area contributed by atoms with Crippen LogP contribution in [0.2, 0.25) is 0 Å². The van der Waals surface area contributed by atoms with Gasteiger partial charge in [0.25, 0.3) is 0 Å². The second kappa shape index (κ2) is 5.02. The third-order valence-corrected chi connectivity index (χ3v) is 4.79. The highest BCUT2D eigenvalue weighted by atomic mass is 16.4. The molecule has 2 N–H and O–H groups in total. The molecule has 0 saturated carbocycles. The van der Waals surface area contributed by atoms with E-state index in [1.54, 1.807) is 6.07 Å². The third kappa shape index (κ3) is 1.93. The summed E-state index contributed by atoms with van der Waals surface area (Å²) in [5.41, 5.74) is 3.45. The van der Waals surface area contributed by atoms with Gasteiger partial charge in [0.1, 0.15) is 0 Å². The van der Waals surface area contributed by atoms with Gasteiger partial charge in [0.2, 0.25) is 0 Å². The van der Waals surface area contributed by atoms with E-state index in [1.165, 1.54) is 5.56 Å². The number of fused-ring (bicyclic) bond motifs is 3. The van der Waals surface area contributed by atoms with Crippen molar-refractivity contribution in [2.75, 3.05) is 5.32 Å². The van der Waals surface area contributed by atoms with Crippen LogP contribution in [-0.4, -0.2) is 11.1 Å². The van der Waals surface area contributed by atoms with E-state index in [4.69, 9.17) is 0 Å². The molecule has 3 atom stereocenters. The number of carbonyl (C=O) groups is 1. The Morgan fingerprint density at radius 3 is 2.68 bits per heavy atom. The Labute approximate surface area is 129 Å². The Bertz CT molecular complexity index is 751. The summed E-state index contributed by atoms with van der Waals surface area (Å²) in [7, 11) is 0. The van der Waals surface area contributed by atoms with E-state index < -0.39 is 5.97 Å². The van der Waals surface area contributed by atoms with Crippen LogP contribution in [0.25, 0.3) is 0 Å². The van der Waals surface area contributed by atoms with Crippen molar-refractivity contribution in [2.45, 2.75) is 18.4 Å². The van der Waals surface area contributed by atoms with E-state index >= 15 is 0 Å². The van der Waals surface area contributed by atoms with Crippen molar-refractivity contribution >= 4 is 11.7 Å². The highest BCUT2D eigenvalue weighted by Gasteiger charge is 2.39. The molecule has 1 aliphatic heterocycles. The van der Waals surface area contributed by atoms with Gasteiger partial charge < -0.3 is 10.4 Å². The minimum atomic E-state index is -0.878. The molecule has 0 saturated heterocycles. The van der Waals surface area contributed by atoms with Crippen LogP contribution in [-0.2, 0) is 0 Å². The number of para-hydroxylation sites is 1. The highest BCUT2D eigenvalue weighted by Crippen LogP contribution is 2.50. The molecular weight excluding hydrogens is 274 g/mol. The molecule has 22 heavy (non-hydrogen) atoms. The van der Waals surface area contributed by atoms with E-state index in [2.05, 4.69) is 29.6 Å². The van der Waals surface area contributed by atoms with Crippen molar-refractivity contribution in [3.05, 3.63) is 77.4 Å². The van der Waals surface area contributed by atoms with Crippen molar-refractivity contribution in [1.29, 1.82) is 0 Å². The molecule has 3 nitrogen and oxygen atoms in total. The SMILES string of the molecule is O=C(O)c1cccc2c1NC(c1ccccc1)[C@@H]1CC=C[C@H]21. The van der Waals surface area contributed by atoms with Crippen LogP contribution >= 0.6 is 0 Å². The van der Waals surface area contributed by atoms with Gasteiger partial charge in [0, 0.05) is 5.92 Å². The zero-order valence-electron chi connectivity index (χ0n) is 12.1. The number of rotatable bonds is 2. The van der Waals surface area contributed by atoms with Crippen LogP contribution in [0.1, 0.15) is 39.9 Å². The van der Waals surface area contributed by atoms with E-state index in [9.17, 15) is 9.90 Å². The second-order valence-electron chi connectivity index (χ2n) is 5.96. The summed E-state index contributed by atoms with van der Waals surface area (Å²) in [5, 5.41) is 13.0. The summed E-state index contributed by atoms with van der Waals surface area (Å²) in [5.74, 6) is -0.142. The Kier molecular flexibility index (Phi) is 3.00. The van der Waals surface area contributed by atoms with Crippen LogP contribution in [0.4, 0.5) is 5.69 Å². The molecule has 0 bridgehead atoms. The minimum absolute atomic E-state index is 0.147. The lowest BCUT2D eigenvalue weighted by Crippen LogP contribution is -2.30. The van der Waals surface area contributed by atoms with Crippen LogP contribution in [0, 0.1) is 5.92 Å². The van der Waals surface area contributed by atoms with E-state index in [-0.39, 0.29) is 6.04 Å². The maximum atomic E-state index is 11.6. The summed E-state index contributed by atoms with van der Waals surface area (Å²) in [6, 6.07) is 16.0. The zero-order valence-corrected chi connectivity index (χ0v) is 12.1. The zero-order chi connectivity index (χ0) is 15.1. The molecule has 2 aromatic rings. The van der Waals surface area contributed by atoms with Crippen LogP contribution in [0.3, 0.4) is 0 Å².